The van der Waals surface area contributed by atoms with E-state index in [0.29, 0.717) is 16.6 Å². The summed E-state index contributed by atoms with van der Waals surface area (Å²) >= 11 is 3.30. The summed E-state index contributed by atoms with van der Waals surface area (Å²) < 4.78 is 25.8. The van der Waals surface area contributed by atoms with Crippen LogP contribution in [0.4, 0.5) is 0 Å². The molecule has 19 heavy (non-hydrogen) atoms. The zero-order valence-corrected chi connectivity index (χ0v) is 13.3. The summed E-state index contributed by atoms with van der Waals surface area (Å²) in [4.78, 5) is 11.9. The molecule has 7 heteroatoms. The van der Waals surface area contributed by atoms with Gasteiger partial charge in [0.1, 0.15) is 0 Å². The van der Waals surface area contributed by atoms with Gasteiger partial charge in [-0.05, 0) is 35.0 Å². The molecule has 0 unspecified atom stereocenters. The zero-order chi connectivity index (χ0) is 14.5. The summed E-state index contributed by atoms with van der Waals surface area (Å²) in [6, 6.07) is 5.42. The summed E-state index contributed by atoms with van der Waals surface area (Å²) in [6.45, 7) is 4.02. The van der Waals surface area contributed by atoms with E-state index in [4.69, 9.17) is 0 Å². The Hall–Kier alpha value is -0.920. The average Bonchev–Trinajstić information content (AvgIpc) is 2.31. The number of carbonyl (C=O) groups is 1. The second-order valence-corrected chi connectivity index (χ2v) is 6.84. The number of rotatable bonds is 6. The van der Waals surface area contributed by atoms with E-state index in [-0.39, 0.29) is 18.2 Å². The van der Waals surface area contributed by atoms with Crippen LogP contribution in [0, 0.1) is 6.92 Å². The molecule has 1 rings (SSSR count). The van der Waals surface area contributed by atoms with Crippen LogP contribution in [-0.2, 0) is 10.0 Å². The first kappa shape index (κ1) is 16.1. The highest BCUT2D eigenvalue weighted by molar-refractivity contribution is 9.10. The highest BCUT2D eigenvalue weighted by atomic mass is 79.9. The van der Waals surface area contributed by atoms with Crippen molar-refractivity contribution in [3.63, 3.8) is 0 Å². The number of halogens is 1. The highest BCUT2D eigenvalue weighted by Crippen LogP contribution is 2.17. The molecular formula is C12H17BrN2O3S. The van der Waals surface area contributed by atoms with Gasteiger partial charge in [-0.15, -0.1) is 0 Å². The predicted molar refractivity (Wildman–Crippen MR) is 78.7 cm³/mol. The lowest BCUT2D eigenvalue weighted by atomic mass is 10.1. The van der Waals surface area contributed by atoms with Gasteiger partial charge in [0.05, 0.1) is 11.3 Å². The fourth-order valence-corrected chi connectivity index (χ4v) is 2.88. The zero-order valence-electron chi connectivity index (χ0n) is 10.9. The number of nitrogens with one attached hydrogen (secondary N) is 2. The summed E-state index contributed by atoms with van der Waals surface area (Å²) in [5.74, 6) is -0.419. The molecule has 0 heterocycles. The maximum absolute atomic E-state index is 11.9. The van der Waals surface area contributed by atoms with Crippen LogP contribution in [0.15, 0.2) is 22.7 Å². The predicted octanol–water partition coefficient (Wildman–Crippen LogP) is 1.43. The van der Waals surface area contributed by atoms with E-state index in [0.717, 1.165) is 5.56 Å². The second kappa shape index (κ2) is 7.02. The van der Waals surface area contributed by atoms with E-state index in [9.17, 15) is 13.2 Å². The first-order chi connectivity index (χ1) is 8.85. The summed E-state index contributed by atoms with van der Waals surface area (Å²) in [5.41, 5.74) is 1.47. The Balaban J connectivity index is 2.59. The van der Waals surface area contributed by atoms with Crippen LogP contribution in [-0.4, -0.2) is 33.2 Å². The molecule has 1 aromatic carbocycles. The molecular weight excluding hydrogens is 332 g/mol. The van der Waals surface area contributed by atoms with Crippen molar-refractivity contribution >= 4 is 31.9 Å². The van der Waals surface area contributed by atoms with Crippen LogP contribution < -0.4 is 10.0 Å². The lowest BCUT2D eigenvalue weighted by molar-refractivity contribution is 0.0955. The third-order valence-corrected chi connectivity index (χ3v) is 4.55. The minimum atomic E-state index is -3.30. The number of aryl methyl sites for hydroxylation is 1. The molecule has 0 bridgehead atoms. The van der Waals surface area contributed by atoms with Gasteiger partial charge < -0.3 is 5.32 Å². The Labute approximate surface area is 122 Å². The molecule has 0 spiro atoms. The van der Waals surface area contributed by atoms with Gasteiger partial charge in [0, 0.05) is 17.6 Å². The lowest BCUT2D eigenvalue weighted by Gasteiger charge is -2.08. The van der Waals surface area contributed by atoms with E-state index < -0.39 is 10.0 Å². The number of hydrogen-bond donors (Lipinski definition) is 2. The normalized spacial score (nSPS) is 11.3. The van der Waals surface area contributed by atoms with Crippen LogP contribution in [0.5, 0.6) is 0 Å². The van der Waals surface area contributed by atoms with Crippen LogP contribution in [0.2, 0.25) is 0 Å². The Morgan fingerprint density at radius 3 is 2.68 bits per heavy atom. The molecule has 106 valence electrons. The Kier molecular flexibility index (Phi) is 5.96. The summed E-state index contributed by atoms with van der Waals surface area (Å²) in [6.07, 6.45) is 0. The minimum Gasteiger partial charge on any atom is -0.351 e. The fraction of sp³-hybridized carbons (Fsp3) is 0.417. The average molecular weight is 349 g/mol. The van der Waals surface area contributed by atoms with Crippen molar-refractivity contribution in [2.24, 2.45) is 0 Å². The van der Waals surface area contributed by atoms with Gasteiger partial charge in [-0.3, -0.25) is 4.79 Å². The fourth-order valence-electron chi connectivity index (χ4n) is 1.50. The van der Waals surface area contributed by atoms with Gasteiger partial charge in [-0.25, -0.2) is 13.1 Å². The molecule has 0 aliphatic rings. The summed E-state index contributed by atoms with van der Waals surface area (Å²) in [7, 11) is -3.30. The standard InChI is InChI=1S/C12H17BrN2O3S/c1-3-15-19(17,18)7-6-14-12(16)10-8-9(2)4-5-11(10)13/h4-5,8,15H,3,6-7H2,1-2H3,(H,14,16). The van der Waals surface area contributed by atoms with Crippen LogP contribution >= 0.6 is 15.9 Å². The molecule has 0 atom stereocenters. The number of sulfonamides is 1. The Morgan fingerprint density at radius 2 is 2.05 bits per heavy atom. The van der Waals surface area contributed by atoms with Gasteiger partial charge in [-0.1, -0.05) is 18.6 Å². The Bertz CT molecular complexity index is 558. The third-order valence-electron chi connectivity index (χ3n) is 2.39. The molecule has 2 N–H and O–H groups in total. The molecule has 0 saturated carbocycles. The molecule has 1 amide bonds. The highest BCUT2D eigenvalue weighted by Gasteiger charge is 2.12. The lowest BCUT2D eigenvalue weighted by Crippen LogP contribution is -2.34. The first-order valence-electron chi connectivity index (χ1n) is 5.87. The molecule has 0 aliphatic carbocycles. The SMILES string of the molecule is CCNS(=O)(=O)CCNC(=O)c1cc(C)ccc1Br. The van der Waals surface area contributed by atoms with E-state index in [1.54, 1.807) is 19.1 Å². The van der Waals surface area contributed by atoms with Gasteiger partial charge in [0.2, 0.25) is 10.0 Å². The number of benzene rings is 1. The molecule has 0 aromatic heterocycles. The topological polar surface area (TPSA) is 75.3 Å². The minimum absolute atomic E-state index is 0.0779. The largest absolute Gasteiger partial charge is 0.351 e. The van der Waals surface area contributed by atoms with Crippen molar-refractivity contribution in [3.05, 3.63) is 33.8 Å². The Morgan fingerprint density at radius 1 is 1.37 bits per heavy atom. The van der Waals surface area contributed by atoms with Crippen molar-refractivity contribution < 1.29 is 13.2 Å². The van der Waals surface area contributed by atoms with Gasteiger partial charge in [0.15, 0.2) is 0 Å². The number of hydrogen-bond acceptors (Lipinski definition) is 3. The molecule has 0 saturated heterocycles. The van der Waals surface area contributed by atoms with E-state index in [1.807, 2.05) is 13.0 Å². The van der Waals surface area contributed by atoms with Crippen molar-refractivity contribution in [2.75, 3.05) is 18.8 Å². The molecule has 1 aromatic rings. The van der Waals surface area contributed by atoms with Crippen LogP contribution in [0.25, 0.3) is 0 Å². The van der Waals surface area contributed by atoms with Crippen LogP contribution in [0.3, 0.4) is 0 Å². The number of carbonyl (C=O) groups excluding carboxylic acids is 1. The van der Waals surface area contributed by atoms with Crippen molar-refractivity contribution in [1.29, 1.82) is 0 Å². The van der Waals surface area contributed by atoms with Gasteiger partial charge in [-0.2, -0.15) is 0 Å². The monoisotopic (exact) mass is 348 g/mol. The maximum Gasteiger partial charge on any atom is 0.252 e. The van der Waals surface area contributed by atoms with Gasteiger partial charge >= 0.3 is 0 Å². The quantitative estimate of drug-likeness (QED) is 0.816. The first-order valence-corrected chi connectivity index (χ1v) is 8.32. The maximum atomic E-state index is 11.9. The molecule has 5 nitrogen and oxygen atoms in total. The summed E-state index contributed by atoms with van der Waals surface area (Å²) in [5, 5.41) is 2.59. The van der Waals surface area contributed by atoms with Crippen LogP contribution in [0.1, 0.15) is 22.8 Å². The van der Waals surface area contributed by atoms with Crippen molar-refractivity contribution in [1.82, 2.24) is 10.0 Å². The third kappa shape index (κ3) is 5.30. The van der Waals surface area contributed by atoms with Crippen molar-refractivity contribution in [3.8, 4) is 0 Å². The van der Waals surface area contributed by atoms with E-state index in [1.165, 1.54) is 0 Å². The van der Waals surface area contributed by atoms with Crippen molar-refractivity contribution in [2.45, 2.75) is 13.8 Å². The van der Waals surface area contributed by atoms with Gasteiger partial charge in [0.25, 0.3) is 5.91 Å². The number of amides is 1. The molecule has 0 fully saturated rings. The molecule has 0 aliphatic heterocycles. The smallest absolute Gasteiger partial charge is 0.252 e. The molecule has 0 radical (unpaired) electrons. The van der Waals surface area contributed by atoms with E-state index in [2.05, 4.69) is 26.0 Å². The second-order valence-electron chi connectivity index (χ2n) is 4.06. The van der Waals surface area contributed by atoms with E-state index >= 15 is 0 Å².